The first-order chi connectivity index (χ1) is 11.3. The molecule has 9 nitrogen and oxygen atoms in total. The van der Waals surface area contributed by atoms with Crippen LogP contribution in [-0.2, 0) is 19.9 Å². The number of carboxylic acid groups (broad SMARTS) is 1. The van der Waals surface area contributed by atoms with Crippen molar-refractivity contribution < 1.29 is 24.6 Å². The molecule has 24 heavy (non-hydrogen) atoms. The van der Waals surface area contributed by atoms with Crippen molar-refractivity contribution in [3.05, 3.63) is 35.4 Å². The van der Waals surface area contributed by atoms with Crippen LogP contribution in [0.1, 0.15) is 24.0 Å². The number of aliphatic hydroxyl groups is 1. The molecule has 0 saturated heterocycles. The molecular formula is C15H20N4O5. The Labute approximate surface area is 138 Å². The minimum Gasteiger partial charge on any atom is -0.479 e. The molecule has 0 aliphatic carbocycles. The second-order valence-corrected chi connectivity index (χ2v) is 5.27. The van der Waals surface area contributed by atoms with E-state index in [2.05, 4.69) is 5.10 Å². The maximum atomic E-state index is 12.3. The first kappa shape index (κ1) is 19.4. The largest absolute Gasteiger partial charge is 0.479 e. The normalized spacial score (nSPS) is 16.3. The lowest BCUT2D eigenvalue weighted by atomic mass is 9.70. The van der Waals surface area contributed by atoms with Gasteiger partial charge in [-0.3, -0.25) is 4.79 Å². The van der Waals surface area contributed by atoms with Gasteiger partial charge in [-0.15, -0.1) is 0 Å². The second-order valence-electron chi connectivity index (χ2n) is 5.27. The molecule has 0 radical (unpaired) electrons. The lowest BCUT2D eigenvalue weighted by Crippen LogP contribution is -2.73. The standard InChI is InChI=1S/C15H20N4O5/c16-14(9-21,11-5-3-10(4-6-11)8-19-18)15(17,13(23)24)12(22)2-1-7-20/h3-8,21H,1-2,9,16-18H2,(H,23,24). The monoisotopic (exact) mass is 336 g/mol. The number of aliphatic hydroxyl groups excluding tert-OH is 1. The lowest BCUT2D eigenvalue weighted by Gasteiger charge is -2.40. The highest BCUT2D eigenvalue weighted by molar-refractivity contribution is 6.09. The zero-order valence-corrected chi connectivity index (χ0v) is 12.9. The number of hydrazone groups is 1. The third-order valence-electron chi connectivity index (χ3n) is 3.87. The van der Waals surface area contributed by atoms with E-state index in [1.807, 2.05) is 0 Å². The maximum Gasteiger partial charge on any atom is 0.333 e. The van der Waals surface area contributed by atoms with Crippen LogP contribution in [0, 0.1) is 0 Å². The minimum atomic E-state index is -2.60. The molecule has 0 spiro atoms. The summed E-state index contributed by atoms with van der Waals surface area (Å²) in [5.41, 5.74) is 7.97. The second kappa shape index (κ2) is 7.77. The van der Waals surface area contributed by atoms with E-state index in [1.54, 1.807) is 0 Å². The number of nitrogens with two attached hydrogens (primary N) is 3. The summed E-state index contributed by atoms with van der Waals surface area (Å²) in [4.78, 5) is 34.5. The molecule has 1 aromatic rings. The number of carbonyl (C=O) groups excluding carboxylic acids is 2. The van der Waals surface area contributed by atoms with Gasteiger partial charge in [0.05, 0.1) is 12.8 Å². The quantitative estimate of drug-likeness (QED) is 0.118. The third-order valence-corrected chi connectivity index (χ3v) is 3.87. The third kappa shape index (κ3) is 3.32. The van der Waals surface area contributed by atoms with Crippen molar-refractivity contribution in [3.63, 3.8) is 0 Å². The van der Waals surface area contributed by atoms with E-state index in [-0.39, 0.29) is 12.0 Å². The number of carboxylic acids is 1. The Balaban J connectivity index is 3.41. The van der Waals surface area contributed by atoms with Crippen LogP contribution in [-0.4, -0.2) is 46.6 Å². The van der Waals surface area contributed by atoms with Crippen molar-refractivity contribution in [2.24, 2.45) is 22.4 Å². The molecular weight excluding hydrogens is 316 g/mol. The number of rotatable bonds is 9. The van der Waals surface area contributed by atoms with E-state index in [4.69, 9.17) is 17.3 Å². The van der Waals surface area contributed by atoms with Crippen molar-refractivity contribution in [1.82, 2.24) is 0 Å². The Bertz CT molecular complexity index is 646. The summed E-state index contributed by atoms with van der Waals surface area (Å²) in [7, 11) is 0. The summed E-state index contributed by atoms with van der Waals surface area (Å²) < 4.78 is 0. The Hall–Kier alpha value is -2.62. The highest BCUT2D eigenvalue weighted by Crippen LogP contribution is 2.31. The predicted molar refractivity (Wildman–Crippen MR) is 86.0 cm³/mol. The topological polar surface area (TPSA) is 182 Å². The number of hydrogen-bond acceptors (Lipinski definition) is 8. The van der Waals surface area contributed by atoms with Gasteiger partial charge in [0.25, 0.3) is 0 Å². The smallest absolute Gasteiger partial charge is 0.333 e. The number of ketones is 1. The van der Waals surface area contributed by atoms with Crippen molar-refractivity contribution in [1.29, 1.82) is 0 Å². The van der Waals surface area contributed by atoms with Gasteiger partial charge in [0.1, 0.15) is 11.8 Å². The summed E-state index contributed by atoms with van der Waals surface area (Å²) in [5, 5.41) is 22.6. The molecule has 1 aromatic carbocycles. The summed E-state index contributed by atoms with van der Waals surface area (Å²) in [6.07, 6.45) is 1.23. The van der Waals surface area contributed by atoms with Crippen molar-refractivity contribution in [2.75, 3.05) is 6.61 Å². The predicted octanol–water partition coefficient (Wildman–Crippen LogP) is -1.54. The van der Waals surface area contributed by atoms with Gasteiger partial charge in [-0.05, 0) is 11.1 Å². The molecule has 0 aliphatic rings. The molecule has 130 valence electrons. The number of aliphatic carboxylic acids is 1. The van der Waals surface area contributed by atoms with Gasteiger partial charge < -0.3 is 32.3 Å². The van der Waals surface area contributed by atoms with Gasteiger partial charge in [0.2, 0.25) is 0 Å². The Morgan fingerprint density at radius 3 is 2.21 bits per heavy atom. The van der Waals surface area contributed by atoms with E-state index >= 15 is 0 Å². The van der Waals surface area contributed by atoms with Gasteiger partial charge in [-0.2, -0.15) is 5.10 Å². The van der Waals surface area contributed by atoms with E-state index in [1.165, 1.54) is 30.5 Å². The molecule has 0 amide bonds. The Morgan fingerprint density at radius 2 is 1.79 bits per heavy atom. The van der Waals surface area contributed by atoms with Gasteiger partial charge in [-0.1, -0.05) is 24.3 Å². The fourth-order valence-electron chi connectivity index (χ4n) is 2.34. The van der Waals surface area contributed by atoms with Crippen LogP contribution in [0.15, 0.2) is 29.4 Å². The van der Waals surface area contributed by atoms with Crippen molar-refractivity contribution in [2.45, 2.75) is 23.9 Å². The number of hydrogen-bond donors (Lipinski definition) is 5. The zero-order chi connectivity index (χ0) is 18.4. The average molecular weight is 336 g/mol. The van der Waals surface area contributed by atoms with Crippen LogP contribution in [0.25, 0.3) is 0 Å². The molecule has 2 unspecified atom stereocenters. The van der Waals surface area contributed by atoms with E-state index < -0.39 is 35.9 Å². The van der Waals surface area contributed by atoms with Crippen LogP contribution >= 0.6 is 0 Å². The average Bonchev–Trinajstić information content (AvgIpc) is 2.58. The maximum absolute atomic E-state index is 12.3. The zero-order valence-electron chi connectivity index (χ0n) is 12.9. The minimum absolute atomic E-state index is 0.142. The van der Waals surface area contributed by atoms with Crippen LogP contribution < -0.4 is 17.3 Å². The summed E-state index contributed by atoms with van der Waals surface area (Å²) in [6.45, 7) is -0.896. The van der Waals surface area contributed by atoms with Crippen molar-refractivity contribution >= 4 is 24.3 Å². The summed E-state index contributed by atoms with van der Waals surface area (Å²) >= 11 is 0. The summed E-state index contributed by atoms with van der Waals surface area (Å²) in [6, 6.07) is 5.90. The number of nitrogens with zero attached hydrogens (tertiary/aromatic N) is 1. The molecule has 0 aromatic heterocycles. The molecule has 0 bridgehead atoms. The van der Waals surface area contributed by atoms with Crippen LogP contribution in [0.2, 0.25) is 0 Å². The fourth-order valence-corrected chi connectivity index (χ4v) is 2.34. The first-order valence-electron chi connectivity index (χ1n) is 7.00. The fraction of sp³-hybridized carbons (Fsp3) is 0.333. The molecule has 2 atom stereocenters. The van der Waals surface area contributed by atoms with Gasteiger partial charge >= 0.3 is 5.97 Å². The Morgan fingerprint density at radius 1 is 1.21 bits per heavy atom. The van der Waals surface area contributed by atoms with Crippen LogP contribution in [0.5, 0.6) is 0 Å². The number of aldehydes is 1. The molecule has 0 saturated carbocycles. The molecule has 0 heterocycles. The molecule has 9 heteroatoms. The molecule has 0 fully saturated rings. The van der Waals surface area contributed by atoms with Gasteiger partial charge in [-0.25, -0.2) is 4.79 Å². The van der Waals surface area contributed by atoms with E-state index in [9.17, 15) is 24.6 Å². The van der Waals surface area contributed by atoms with Gasteiger partial charge in [0, 0.05) is 12.8 Å². The number of carbonyl (C=O) groups is 3. The lowest BCUT2D eigenvalue weighted by molar-refractivity contribution is -0.153. The number of benzene rings is 1. The van der Waals surface area contributed by atoms with E-state index in [0.29, 0.717) is 11.8 Å². The Kier molecular flexibility index (Phi) is 6.29. The molecule has 0 aliphatic heterocycles. The summed E-state index contributed by atoms with van der Waals surface area (Å²) in [5.74, 6) is 2.40. The van der Waals surface area contributed by atoms with Crippen LogP contribution in [0.3, 0.4) is 0 Å². The SMILES string of the molecule is NN=Cc1ccc(C(N)(CO)C(N)(C(=O)O)C(=O)CCC=O)cc1. The number of Topliss-reactive ketones (excluding diaryl/α,β-unsaturated/α-hetero) is 1. The van der Waals surface area contributed by atoms with Crippen molar-refractivity contribution in [3.8, 4) is 0 Å². The highest BCUT2D eigenvalue weighted by atomic mass is 16.4. The van der Waals surface area contributed by atoms with E-state index in [0.717, 1.165) is 0 Å². The molecule has 8 N–H and O–H groups in total. The highest BCUT2D eigenvalue weighted by Gasteiger charge is 2.57. The first-order valence-corrected chi connectivity index (χ1v) is 7.00. The van der Waals surface area contributed by atoms with Crippen LogP contribution in [0.4, 0.5) is 0 Å². The molecule has 1 rings (SSSR count). The van der Waals surface area contributed by atoms with Gasteiger partial charge in [0.15, 0.2) is 11.3 Å².